The highest BCUT2D eigenvalue weighted by Crippen LogP contribution is 2.28. The van der Waals surface area contributed by atoms with Crippen LogP contribution in [0.15, 0.2) is 41.0 Å². The van der Waals surface area contributed by atoms with Gasteiger partial charge in [-0.15, -0.1) is 0 Å². The number of halogens is 1. The van der Waals surface area contributed by atoms with Crippen LogP contribution in [-0.2, 0) is 6.54 Å². The van der Waals surface area contributed by atoms with Gasteiger partial charge in [0, 0.05) is 16.6 Å². The van der Waals surface area contributed by atoms with Crippen molar-refractivity contribution in [3.05, 3.63) is 52.9 Å². The lowest BCUT2D eigenvalue weighted by Crippen LogP contribution is -2.18. The van der Waals surface area contributed by atoms with Crippen LogP contribution < -0.4 is 10.1 Å². The van der Waals surface area contributed by atoms with Crippen molar-refractivity contribution in [2.75, 3.05) is 7.11 Å². The first-order valence-corrected chi connectivity index (χ1v) is 6.17. The van der Waals surface area contributed by atoms with Crippen molar-refractivity contribution < 1.29 is 9.15 Å². The van der Waals surface area contributed by atoms with Crippen LogP contribution in [0.25, 0.3) is 0 Å². The molecular weight excluding hydrogens is 250 g/mol. The van der Waals surface area contributed by atoms with Gasteiger partial charge < -0.3 is 14.5 Å². The SMILES string of the molecule is COc1ccc(Cl)cc1[C@H](C)NCc1ccco1. The quantitative estimate of drug-likeness (QED) is 0.893. The molecule has 1 aromatic heterocycles. The van der Waals surface area contributed by atoms with Crippen molar-refractivity contribution in [1.29, 1.82) is 0 Å². The highest BCUT2D eigenvalue weighted by atomic mass is 35.5. The van der Waals surface area contributed by atoms with Gasteiger partial charge in [0.25, 0.3) is 0 Å². The Balaban J connectivity index is 2.08. The molecule has 0 bridgehead atoms. The molecule has 2 rings (SSSR count). The van der Waals surface area contributed by atoms with Gasteiger partial charge in [-0.1, -0.05) is 11.6 Å². The molecule has 0 fully saturated rings. The van der Waals surface area contributed by atoms with E-state index >= 15 is 0 Å². The van der Waals surface area contributed by atoms with Crippen molar-refractivity contribution >= 4 is 11.6 Å². The van der Waals surface area contributed by atoms with Crippen molar-refractivity contribution in [3.8, 4) is 5.75 Å². The van der Waals surface area contributed by atoms with Crippen molar-refractivity contribution in [2.45, 2.75) is 19.5 Å². The number of hydrogen-bond acceptors (Lipinski definition) is 3. The number of ether oxygens (including phenoxy) is 1. The normalized spacial score (nSPS) is 12.4. The number of benzene rings is 1. The van der Waals surface area contributed by atoms with Crippen molar-refractivity contribution in [2.24, 2.45) is 0 Å². The molecule has 0 radical (unpaired) electrons. The van der Waals surface area contributed by atoms with Crippen LogP contribution in [0.4, 0.5) is 0 Å². The van der Waals surface area contributed by atoms with Crippen LogP contribution in [0.3, 0.4) is 0 Å². The summed E-state index contributed by atoms with van der Waals surface area (Å²) in [6.07, 6.45) is 1.67. The molecule has 1 N–H and O–H groups in total. The Morgan fingerprint density at radius 3 is 2.89 bits per heavy atom. The third-order valence-corrected chi connectivity index (χ3v) is 3.06. The minimum atomic E-state index is 0.128. The van der Waals surface area contributed by atoms with Gasteiger partial charge in [0.1, 0.15) is 11.5 Å². The Hall–Kier alpha value is -1.45. The lowest BCUT2D eigenvalue weighted by Gasteiger charge is -2.17. The van der Waals surface area contributed by atoms with Gasteiger partial charge >= 0.3 is 0 Å². The molecule has 2 aromatic rings. The second-order valence-electron chi connectivity index (χ2n) is 4.07. The van der Waals surface area contributed by atoms with E-state index in [1.54, 1.807) is 13.4 Å². The van der Waals surface area contributed by atoms with E-state index in [2.05, 4.69) is 12.2 Å². The maximum Gasteiger partial charge on any atom is 0.123 e. The van der Waals surface area contributed by atoms with Crippen molar-refractivity contribution in [3.63, 3.8) is 0 Å². The molecule has 0 unspecified atom stereocenters. The summed E-state index contributed by atoms with van der Waals surface area (Å²) in [6, 6.07) is 9.56. The molecule has 1 aromatic carbocycles. The molecule has 18 heavy (non-hydrogen) atoms. The Labute approximate surface area is 112 Å². The van der Waals surface area contributed by atoms with Gasteiger partial charge in [-0.3, -0.25) is 0 Å². The number of hydrogen-bond donors (Lipinski definition) is 1. The summed E-state index contributed by atoms with van der Waals surface area (Å²) >= 11 is 6.02. The summed E-state index contributed by atoms with van der Waals surface area (Å²) in [7, 11) is 1.66. The molecule has 3 nitrogen and oxygen atoms in total. The van der Waals surface area contributed by atoms with Gasteiger partial charge in [0.15, 0.2) is 0 Å². The number of methoxy groups -OCH3 is 1. The average Bonchev–Trinajstić information content (AvgIpc) is 2.89. The lowest BCUT2D eigenvalue weighted by molar-refractivity contribution is 0.398. The topological polar surface area (TPSA) is 34.4 Å². The van der Waals surface area contributed by atoms with E-state index in [0.717, 1.165) is 17.1 Å². The molecule has 4 heteroatoms. The molecule has 0 aliphatic carbocycles. The van der Waals surface area contributed by atoms with E-state index < -0.39 is 0 Å². The van der Waals surface area contributed by atoms with Crippen molar-refractivity contribution in [1.82, 2.24) is 5.32 Å². The summed E-state index contributed by atoms with van der Waals surface area (Å²) in [5, 5.41) is 4.08. The molecule has 96 valence electrons. The fraction of sp³-hybridized carbons (Fsp3) is 0.286. The number of rotatable bonds is 5. The summed E-state index contributed by atoms with van der Waals surface area (Å²) in [5.74, 6) is 1.74. The molecule has 0 spiro atoms. The molecule has 0 saturated carbocycles. The minimum absolute atomic E-state index is 0.128. The van der Waals surface area contributed by atoms with Crippen LogP contribution in [0.5, 0.6) is 5.75 Å². The first kappa shape index (κ1) is 13.0. The largest absolute Gasteiger partial charge is 0.496 e. The maximum absolute atomic E-state index is 6.02. The van der Waals surface area contributed by atoms with Crippen LogP contribution in [0.2, 0.25) is 5.02 Å². The first-order valence-electron chi connectivity index (χ1n) is 5.80. The average molecular weight is 266 g/mol. The van der Waals surface area contributed by atoms with Gasteiger partial charge in [-0.05, 0) is 37.3 Å². The Morgan fingerprint density at radius 1 is 1.39 bits per heavy atom. The monoisotopic (exact) mass is 265 g/mol. The molecule has 0 amide bonds. The summed E-state index contributed by atoms with van der Waals surface area (Å²) < 4.78 is 10.6. The van der Waals surface area contributed by atoms with Crippen LogP contribution in [0, 0.1) is 0 Å². The molecular formula is C14H16ClNO2. The maximum atomic E-state index is 6.02. The zero-order valence-corrected chi connectivity index (χ0v) is 11.2. The second kappa shape index (κ2) is 5.94. The molecule has 0 aliphatic rings. The van der Waals surface area contributed by atoms with Crippen LogP contribution in [-0.4, -0.2) is 7.11 Å². The van der Waals surface area contributed by atoms with E-state index in [0.29, 0.717) is 11.6 Å². The third-order valence-electron chi connectivity index (χ3n) is 2.82. The Bertz CT molecular complexity index is 497. The fourth-order valence-electron chi connectivity index (χ4n) is 1.82. The lowest BCUT2D eigenvalue weighted by atomic mass is 10.1. The molecule has 1 heterocycles. The first-order chi connectivity index (χ1) is 8.70. The number of nitrogens with one attached hydrogen (secondary N) is 1. The second-order valence-corrected chi connectivity index (χ2v) is 4.50. The fourth-order valence-corrected chi connectivity index (χ4v) is 2.00. The minimum Gasteiger partial charge on any atom is -0.496 e. The Morgan fingerprint density at radius 2 is 2.22 bits per heavy atom. The smallest absolute Gasteiger partial charge is 0.123 e. The van der Waals surface area contributed by atoms with Gasteiger partial charge in [-0.25, -0.2) is 0 Å². The molecule has 0 saturated heterocycles. The summed E-state index contributed by atoms with van der Waals surface area (Å²) in [5.41, 5.74) is 1.04. The van der Waals surface area contributed by atoms with E-state index in [1.165, 1.54) is 0 Å². The van der Waals surface area contributed by atoms with Crippen LogP contribution in [0.1, 0.15) is 24.3 Å². The Kier molecular flexibility index (Phi) is 4.28. The summed E-state index contributed by atoms with van der Waals surface area (Å²) in [6.45, 7) is 2.74. The van der Waals surface area contributed by atoms with E-state index in [4.69, 9.17) is 20.8 Å². The standard InChI is InChI=1S/C14H16ClNO2/c1-10(16-9-12-4-3-7-18-12)13-8-11(15)5-6-14(13)17-2/h3-8,10,16H,9H2,1-2H3/t10-/m0/s1. The highest BCUT2D eigenvalue weighted by Gasteiger charge is 2.12. The number of furan rings is 1. The predicted octanol–water partition coefficient (Wildman–Crippen LogP) is 3.79. The van der Waals surface area contributed by atoms with Gasteiger partial charge in [-0.2, -0.15) is 0 Å². The zero-order chi connectivity index (χ0) is 13.0. The molecule has 1 atom stereocenters. The van der Waals surface area contributed by atoms with Gasteiger partial charge in [0.2, 0.25) is 0 Å². The van der Waals surface area contributed by atoms with E-state index in [-0.39, 0.29) is 6.04 Å². The van der Waals surface area contributed by atoms with E-state index in [1.807, 2.05) is 30.3 Å². The summed E-state index contributed by atoms with van der Waals surface area (Å²) in [4.78, 5) is 0. The zero-order valence-electron chi connectivity index (χ0n) is 10.4. The highest BCUT2D eigenvalue weighted by molar-refractivity contribution is 6.30. The van der Waals surface area contributed by atoms with Gasteiger partial charge in [0.05, 0.1) is 19.9 Å². The van der Waals surface area contributed by atoms with Crippen LogP contribution >= 0.6 is 11.6 Å². The molecule has 0 aliphatic heterocycles. The third kappa shape index (κ3) is 3.06. The predicted molar refractivity (Wildman–Crippen MR) is 72.0 cm³/mol. The van der Waals surface area contributed by atoms with E-state index in [9.17, 15) is 0 Å².